The third kappa shape index (κ3) is 1.81. The van der Waals surface area contributed by atoms with Gasteiger partial charge >= 0.3 is 0 Å². The Balaban J connectivity index is 1.91. The second-order valence-electron chi connectivity index (χ2n) is 4.93. The number of aliphatic hydroxyl groups excluding tert-OH is 1. The van der Waals surface area contributed by atoms with Crippen LogP contribution < -0.4 is 0 Å². The molecule has 2 aliphatic rings. The van der Waals surface area contributed by atoms with E-state index < -0.39 is 0 Å². The maximum Gasteiger partial charge on any atom is 0.0547 e. The normalized spacial score (nSPS) is 31.7. The van der Waals surface area contributed by atoms with Crippen LogP contribution in [0.2, 0.25) is 0 Å². The number of rotatable bonds is 4. The summed E-state index contributed by atoms with van der Waals surface area (Å²) >= 11 is 0. The van der Waals surface area contributed by atoms with E-state index in [1.807, 2.05) is 0 Å². The first-order valence-corrected chi connectivity index (χ1v) is 5.64. The summed E-state index contributed by atoms with van der Waals surface area (Å²) in [5, 5.41) is 8.89. The highest BCUT2D eigenvalue weighted by Gasteiger charge is 2.46. The Bertz CT molecular complexity index is 192. The van der Waals surface area contributed by atoms with E-state index >= 15 is 0 Å². The monoisotopic (exact) mass is 199 g/mol. The highest BCUT2D eigenvalue weighted by Crippen LogP contribution is 2.44. The minimum atomic E-state index is 0.324. The zero-order valence-corrected chi connectivity index (χ0v) is 9.04. The summed E-state index contributed by atoms with van der Waals surface area (Å²) < 4.78 is 5.38. The molecule has 0 saturated carbocycles. The van der Waals surface area contributed by atoms with Crippen molar-refractivity contribution in [2.24, 2.45) is 11.3 Å². The maximum atomic E-state index is 8.89. The lowest BCUT2D eigenvalue weighted by atomic mass is 9.70. The average Bonchev–Trinajstić information content (AvgIpc) is 2.51. The molecule has 0 amide bonds. The van der Waals surface area contributed by atoms with Crippen LogP contribution in [0.1, 0.15) is 19.3 Å². The van der Waals surface area contributed by atoms with Crippen molar-refractivity contribution >= 4 is 0 Å². The molecule has 1 N–H and O–H groups in total. The molecule has 1 unspecified atom stereocenters. The Morgan fingerprint density at radius 3 is 2.71 bits per heavy atom. The number of hydrogen-bond acceptors (Lipinski definition) is 3. The number of hydrogen-bond donors (Lipinski definition) is 1. The predicted octanol–water partition coefficient (Wildman–Crippen LogP) is 0.727. The average molecular weight is 199 g/mol. The molecule has 2 rings (SSSR count). The SMILES string of the molecule is CN1CCC(C2(CCCO)COC2)C1. The molecule has 3 heteroatoms. The van der Waals surface area contributed by atoms with Crippen molar-refractivity contribution in [3.8, 4) is 0 Å². The first kappa shape index (κ1) is 10.4. The van der Waals surface area contributed by atoms with E-state index in [1.165, 1.54) is 19.5 Å². The van der Waals surface area contributed by atoms with Gasteiger partial charge in [0, 0.05) is 18.6 Å². The van der Waals surface area contributed by atoms with E-state index in [0.29, 0.717) is 12.0 Å². The second-order valence-corrected chi connectivity index (χ2v) is 4.93. The van der Waals surface area contributed by atoms with Crippen LogP contribution in [0.4, 0.5) is 0 Å². The van der Waals surface area contributed by atoms with Crippen molar-refractivity contribution in [3.63, 3.8) is 0 Å². The molecular weight excluding hydrogens is 178 g/mol. The molecule has 0 bridgehead atoms. The third-order valence-electron chi connectivity index (χ3n) is 3.87. The molecule has 14 heavy (non-hydrogen) atoms. The zero-order chi connectivity index (χ0) is 10.0. The molecule has 0 spiro atoms. The minimum absolute atomic E-state index is 0.324. The van der Waals surface area contributed by atoms with E-state index in [9.17, 15) is 0 Å². The standard InChI is InChI=1S/C11H21NO2/c1-12-5-3-10(7-12)11(4-2-6-13)8-14-9-11/h10,13H,2-9H2,1H3. The van der Waals surface area contributed by atoms with Gasteiger partial charge in [0.25, 0.3) is 0 Å². The zero-order valence-electron chi connectivity index (χ0n) is 9.04. The number of nitrogens with zero attached hydrogens (tertiary/aromatic N) is 1. The number of ether oxygens (including phenoxy) is 1. The maximum absolute atomic E-state index is 8.89. The van der Waals surface area contributed by atoms with Crippen LogP contribution in [-0.4, -0.2) is 50.0 Å². The quantitative estimate of drug-likeness (QED) is 0.724. The van der Waals surface area contributed by atoms with Crippen LogP contribution in [0.25, 0.3) is 0 Å². The van der Waals surface area contributed by atoms with Gasteiger partial charge in [-0.05, 0) is 38.8 Å². The molecule has 2 aliphatic heterocycles. The Hall–Kier alpha value is -0.120. The van der Waals surface area contributed by atoms with Gasteiger partial charge in [0.2, 0.25) is 0 Å². The summed E-state index contributed by atoms with van der Waals surface area (Å²) in [6.45, 7) is 4.61. The largest absolute Gasteiger partial charge is 0.396 e. The van der Waals surface area contributed by atoms with Crippen LogP contribution in [0.3, 0.4) is 0 Å². The van der Waals surface area contributed by atoms with Crippen LogP contribution in [0.5, 0.6) is 0 Å². The molecule has 0 aromatic heterocycles. The summed E-state index contributed by atoms with van der Waals surface area (Å²) in [4.78, 5) is 2.41. The Labute approximate surface area is 86.0 Å². The summed E-state index contributed by atoms with van der Waals surface area (Å²) in [6, 6.07) is 0. The van der Waals surface area contributed by atoms with Crippen molar-refractivity contribution < 1.29 is 9.84 Å². The van der Waals surface area contributed by atoms with Crippen LogP contribution in [0, 0.1) is 11.3 Å². The van der Waals surface area contributed by atoms with Crippen molar-refractivity contribution in [2.75, 3.05) is 40.0 Å². The van der Waals surface area contributed by atoms with Gasteiger partial charge in [0.1, 0.15) is 0 Å². The smallest absolute Gasteiger partial charge is 0.0547 e. The fourth-order valence-electron chi connectivity index (χ4n) is 2.81. The van der Waals surface area contributed by atoms with Gasteiger partial charge in [0.15, 0.2) is 0 Å². The third-order valence-corrected chi connectivity index (χ3v) is 3.87. The van der Waals surface area contributed by atoms with Crippen molar-refractivity contribution in [3.05, 3.63) is 0 Å². The molecule has 0 radical (unpaired) electrons. The fourth-order valence-corrected chi connectivity index (χ4v) is 2.81. The first-order valence-electron chi connectivity index (χ1n) is 5.64. The van der Waals surface area contributed by atoms with Gasteiger partial charge in [-0.1, -0.05) is 0 Å². The molecule has 1 atom stereocenters. The fraction of sp³-hybridized carbons (Fsp3) is 1.00. The predicted molar refractivity (Wildman–Crippen MR) is 55.2 cm³/mol. The van der Waals surface area contributed by atoms with Gasteiger partial charge in [-0.2, -0.15) is 0 Å². The van der Waals surface area contributed by atoms with Crippen LogP contribution in [0.15, 0.2) is 0 Å². The van der Waals surface area contributed by atoms with Gasteiger partial charge in [-0.15, -0.1) is 0 Å². The summed E-state index contributed by atoms with van der Waals surface area (Å²) in [5.41, 5.74) is 0.410. The topological polar surface area (TPSA) is 32.7 Å². The van der Waals surface area contributed by atoms with E-state index in [2.05, 4.69) is 11.9 Å². The van der Waals surface area contributed by atoms with Crippen molar-refractivity contribution in [1.29, 1.82) is 0 Å². The van der Waals surface area contributed by atoms with E-state index in [-0.39, 0.29) is 0 Å². The molecule has 2 saturated heterocycles. The summed E-state index contributed by atoms with van der Waals surface area (Å²) in [5.74, 6) is 0.799. The van der Waals surface area contributed by atoms with E-state index in [4.69, 9.17) is 9.84 Å². The highest BCUT2D eigenvalue weighted by atomic mass is 16.5. The van der Waals surface area contributed by atoms with Crippen molar-refractivity contribution in [1.82, 2.24) is 4.90 Å². The lowest BCUT2D eigenvalue weighted by Gasteiger charge is -2.46. The van der Waals surface area contributed by atoms with Gasteiger partial charge in [-0.25, -0.2) is 0 Å². The Morgan fingerprint density at radius 1 is 1.50 bits per heavy atom. The molecule has 0 aromatic rings. The number of aliphatic hydroxyl groups is 1. The van der Waals surface area contributed by atoms with Gasteiger partial charge in [-0.3, -0.25) is 0 Å². The lowest BCUT2D eigenvalue weighted by molar-refractivity contribution is -0.149. The molecule has 0 aliphatic carbocycles. The van der Waals surface area contributed by atoms with Gasteiger partial charge < -0.3 is 14.7 Å². The molecule has 2 fully saturated rings. The van der Waals surface area contributed by atoms with Crippen molar-refractivity contribution in [2.45, 2.75) is 19.3 Å². The Kier molecular flexibility index (Phi) is 3.10. The van der Waals surface area contributed by atoms with E-state index in [1.54, 1.807) is 0 Å². The van der Waals surface area contributed by atoms with Gasteiger partial charge in [0.05, 0.1) is 13.2 Å². The van der Waals surface area contributed by atoms with E-state index in [0.717, 1.165) is 32.0 Å². The molecule has 82 valence electrons. The lowest BCUT2D eigenvalue weighted by Crippen LogP contribution is -2.49. The molecule has 2 heterocycles. The molecule has 3 nitrogen and oxygen atoms in total. The summed E-state index contributed by atoms with van der Waals surface area (Å²) in [7, 11) is 2.19. The number of likely N-dealkylation sites (tertiary alicyclic amines) is 1. The first-order chi connectivity index (χ1) is 6.77. The highest BCUT2D eigenvalue weighted by molar-refractivity contribution is 4.95. The second kappa shape index (κ2) is 4.17. The summed E-state index contributed by atoms with van der Waals surface area (Å²) in [6.07, 6.45) is 3.39. The minimum Gasteiger partial charge on any atom is -0.396 e. The van der Waals surface area contributed by atoms with Crippen LogP contribution in [-0.2, 0) is 4.74 Å². The van der Waals surface area contributed by atoms with Crippen LogP contribution >= 0.6 is 0 Å². The molecule has 0 aromatic carbocycles. The molecular formula is C11H21NO2. The Morgan fingerprint density at radius 2 is 2.29 bits per heavy atom.